The minimum absolute atomic E-state index is 0.557. The van der Waals surface area contributed by atoms with E-state index in [0.717, 1.165) is 16.8 Å². The standard InChI is InChI=1S/C15H14N2O2/c1-10-6-11(8-16)9-17-15(10)12-4-5-13(18-2)14(7-12)19-3/h4-7,9H,1-3H3. The Balaban J connectivity index is 2.51. The van der Waals surface area contributed by atoms with Crippen LogP contribution in [0.15, 0.2) is 30.5 Å². The van der Waals surface area contributed by atoms with Gasteiger partial charge in [0, 0.05) is 11.8 Å². The van der Waals surface area contributed by atoms with E-state index in [0.29, 0.717) is 17.1 Å². The van der Waals surface area contributed by atoms with Crippen molar-refractivity contribution in [2.24, 2.45) is 0 Å². The minimum Gasteiger partial charge on any atom is -0.493 e. The molecule has 1 aromatic heterocycles. The first kappa shape index (κ1) is 12.9. The highest BCUT2D eigenvalue weighted by atomic mass is 16.5. The highest BCUT2D eigenvalue weighted by molar-refractivity contribution is 5.67. The molecule has 0 N–H and O–H groups in total. The van der Waals surface area contributed by atoms with Crippen molar-refractivity contribution in [2.45, 2.75) is 6.92 Å². The van der Waals surface area contributed by atoms with Gasteiger partial charge in [0.1, 0.15) is 6.07 Å². The maximum atomic E-state index is 8.85. The Hall–Kier alpha value is -2.54. The molecular weight excluding hydrogens is 240 g/mol. The van der Waals surface area contributed by atoms with Crippen LogP contribution >= 0.6 is 0 Å². The van der Waals surface area contributed by atoms with Gasteiger partial charge in [-0.15, -0.1) is 0 Å². The molecule has 0 aliphatic heterocycles. The number of benzene rings is 1. The van der Waals surface area contributed by atoms with E-state index in [1.54, 1.807) is 20.4 Å². The van der Waals surface area contributed by atoms with E-state index in [-0.39, 0.29) is 0 Å². The largest absolute Gasteiger partial charge is 0.493 e. The predicted molar refractivity (Wildman–Crippen MR) is 72.2 cm³/mol. The normalized spacial score (nSPS) is 9.79. The number of rotatable bonds is 3. The third kappa shape index (κ3) is 2.50. The van der Waals surface area contributed by atoms with Crippen molar-refractivity contribution in [1.29, 1.82) is 5.26 Å². The summed E-state index contributed by atoms with van der Waals surface area (Å²) in [4.78, 5) is 4.33. The fraction of sp³-hybridized carbons (Fsp3) is 0.200. The van der Waals surface area contributed by atoms with Gasteiger partial charge in [-0.25, -0.2) is 0 Å². The number of hydrogen-bond acceptors (Lipinski definition) is 4. The molecule has 0 bridgehead atoms. The van der Waals surface area contributed by atoms with Crippen LogP contribution < -0.4 is 9.47 Å². The van der Waals surface area contributed by atoms with Crippen LogP contribution in [0.4, 0.5) is 0 Å². The monoisotopic (exact) mass is 254 g/mol. The van der Waals surface area contributed by atoms with Gasteiger partial charge in [-0.1, -0.05) is 0 Å². The first-order valence-corrected chi connectivity index (χ1v) is 5.78. The Morgan fingerprint density at radius 2 is 1.84 bits per heavy atom. The molecule has 0 saturated heterocycles. The summed E-state index contributed by atoms with van der Waals surface area (Å²) in [5.41, 5.74) is 3.27. The van der Waals surface area contributed by atoms with Crippen LogP contribution in [0.1, 0.15) is 11.1 Å². The van der Waals surface area contributed by atoms with Crippen molar-refractivity contribution < 1.29 is 9.47 Å². The molecule has 0 radical (unpaired) electrons. The Labute approximate surface area is 112 Å². The smallest absolute Gasteiger partial charge is 0.161 e. The molecule has 0 aliphatic rings. The van der Waals surface area contributed by atoms with Crippen molar-refractivity contribution in [1.82, 2.24) is 4.98 Å². The van der Waals surface area contributed by atoms with E-state index in [9.17, 15) is 0 Å². The summed E-state index contributed by atoms with van der Waals surface area (Å²) in [7, 11) is 3.20. The van der Waals surface area contributed by atoms with Gasteiger partial charge in [-0.05, 0) is 36.8 Å². The average Bonchev–Trinajstić information content (AvgIpc) is 2.46. The second kappa shape index (κ2) is 5.40. The van der Waals surface area contributed by atoms with Gasteiger partial charge in [-0.3, -0.25) is 4.98 Å². The Bertz CT molecular complexity index is 645. The van der Waals surface area contributed by atoms with E-state index in [1.165, 1.54) is 0 Å². The van der Waals surface area contributed by atoms with Crippen LogP contribution in [0.2, 0.25) is 0 Å². The maximum Gasteiger partial charge on any atom is 0.161 e. The van der Waals surface area contributed by atoms with Crippen molar-refractivity contribution in [3.63, 3.8) is 0 Å². The van der Waals surface area contributed by atoms with E-state index in [2.05, 4.69) is 11.1 Å². The number of methoxy groups -OCH3 is 2. The van der Waals surface area contributed by atoms with Crippen LogP contribution in [-0.2, 0) is 0 Å². The van der Waals surface area contributed by atoms with Crippen LogP contribution in [0, 0.1) is 18.3 Å². The summed E-state index contributed by atoms with van der Waals surface area (Å²) < 4.78 is 10.5. The minimum atomic E-state index is 0.557. The Kier molecular flexibility index (Phi) is 3.67. The van der Waals surface area contributed by atoms with Gasteiger partial charge in [0.25, 0.3) is 0 Å². The molecule has 0 atom stereocenters. The molecular formula is C15H14N2O2. The van der Waals surface area contributed by atoms with Gasteiger partial charge < -0.3 is 9.47 Å². The molecule has 0 amide bonds. The lowest BCUT2D eigenvalue weighted by Crippen LogP contribution is -1.93. The number of pyridine rings is 1. The zero-order valence-corrected chi connectivity index (χ0v) is 11.1. The molecule has 1 aromatic carbocycles. The molecule has 0 aliphatic carbocycles. The molecule has 0 unspecified atom stereocenters. The molecule has 19 heavy (non-hydrogen) atoms. The molecule has 2 aromatic rings. The second-order valence-electron chi connectivity index (χ2n) is 4.07. The number of nitriles is 1. The van der Waals surface area contributed by atoms with E-state index >= 15 is 0 Å². The fourth-order valence-corrected chi connectivity index (χ4v) is 1.92. The Morgan fingerprint density at radius 1 is 1.11 bits per heavy atom. The van der Waals surface area contributed by atoms with Crippen LogP contribution in [-0.4, -0.2) is 19.2 Å². The van der Waals surface area contributed by atoms with Crippen LogP contribution in [0.25, 0.3) is 11.3 Å². The maximum absolute atomic E-state index is 8.85. The third-order valence-electron chi connectivity index (χ3n) is 2.86. The lowest BCUT2D eigenvalue weighted by Gasteiger charge is -2.10. The SMILES string of the molecule is COc1ccc(-c2ncc(C#N)cc2C)cc1OC. The van der Waals surface area contributed by atoms with Gasteiger partial charge in [0.2, 0.25) is 0 Å². The van der Waals surface area contributed by atoms with Gasteiger partial charge in [-0.2, -0.15) is 5.26 Å². The summed E-state index contributed by atoms with van der Waals surface area (Å²) >= 11 is 0. The molecule has 1 heterocycles. The Morgan fingerprint density at radius 3 is 2.42 bits per heavy atom. The molecule has 0 saturated carbocycles. The highest BCUT2D eigenvalue weighted by Crippen LogP contribution is 2.32. The first-order chi connectivity index (χ1) is 9.19. The highest BCUT2D eigenvalue weighted by Gasteiger charge is 2.09. The lowest BCUT2D eigenvalue weighted by atomic mass is 10.0. The van der Waals surface area contributed by atoms with Crippen molar-refractivity contribution in [3.05, 3.63) is 41.6 Å². The van der Waals surface area contributed by atoms with E-state index in [4.69, 9.17) is 14.7 Å². The summed E-state index contributed by atoms with van der Waals surface area (Å²) in [5.74, 6) is 1.34. The first-order valence-electron chi connectivity index (χ1n) is 5.78. The fourth-order valence-electron chi connectivity index (χ4n) is 1.92. The number of nitrogens with zero attached hydrogens (tertiary/aromatic N) is 2. The van der Waals surface area contributed by atoms with Crippen molar-refractivity contribution in [3.8, 4) is 28.8 Å². The average molecular weight is 254 g/mol. The van der Waals surface area contributed by atoms with Gasteiger partial charge >= 0.3 is 0 Å². The number of aryl methyl sites for hydroxylation is 1. The van der Waals surface area contributed by atoms with E-state index < -0.39 is 0 Å². The lowest BCUT2D eigenvalue weighted by molar-refractivity contribution is 0.355. The van der Waals surface area contributed by atoms with Crippen molar-refractivity contribution in [2.75, 3.05) is 14.2 Å². The topological polar surface area (TPSA) is 55.1 Å². The molecule has 2 rings (SSSR count). The molecule has 4 heteroatoms. The number of hydrogen-bond donors (Lipinski definition) is 0. The number of aromatic nitrogens is 1. The van der Waals surface area contributed by atoms with Crippen LogP contribution in [0.5, 0.6) is 11.5 Å². The van der Waals surface area contributed by atoms with E-state index in [1.807, 2.05) is 31.2 Å². The molecule has 96 valence electrons. The molecule has 4 nitrogen and oxygen atoms in total. The summed E-state index contributed by atoms with van der Waals surface area (Å²) in [6.07, 6.45) is 1.57. The molecule has 0 fully saturated rings. The van der Waals surface area contributed by atoms with Crippen molar-refractivity contribution >= 4 is 0 Å². The number of ether oxygens (including phenoxy) is 2. The van der Waals surface area contributed by atoms with Crippen LogP contribution in [0.3, 0.4) is 0 Å². The van der Waals surface area contributed by atoms with Gasteiger partial charge in [0.15, 0.2) is 11.5 Å². The van der Waals surface area contributed by atoms with Gasteiger partial charge in [0.05, 0.1) is 25.5 Å². The second-order valence-corrected chi connectivity index (χ2v) is 4.07. The predicted octanol–water partition coefficient (Wildman–Crippen LogP) is 2.95. The summed E-state index contributed by atoms with van der Waals surface area (Å²) in [6, 6.07) is 9.53. The summed E-state index contributed by atoms with van der Waals surface area (Å²) in [5, 5.41) is 8.85. The zero-order chi connectivity index (χ0) is 13.8. The zero-order valence-electron chi connectivity index (χ0n) is 11.1. The third-order valence-corrected chi connectivity index (χ3v) is 2.86. The molecule has 0 spiro atoms. The quantitative estimate of drug-likeness (QED) is 0.845. The summed E-state index contributed by atoms with van der Waals surface area (Å²) in [6.45, 7) is 1.93.